The molecule has 0 aliphatic rings. The van der Waals surface area contributed by atoms with Crippen LogP contribution in [0.25, 0.3) is 28.3 Å². The SMILES string of the molecule is CC(F)=C(F)c1cc(F)c(-c2ccc(CCc3cnc(-c4cc(F)c(C(F)(F)F)c(F)c4)nc3)c(F)c2)c(F)c1. The van der Waals surface area contributed by atoms with Crippen molar-refractivity contribution in [1.29, 1.82) is 0 Å². The van der Waals surface area contributed by atoms with Crippen LogP contribution in [0, 0.1) is 29.1 Å². The summed E-state index contributed by atoms with van der Waals surface area (Å²) in [6.07, 6.45) is -2.47. The number of allylic oxidation sites excluding steroid dienone is 1. The molecule has 40 heavy (non-hydrogen) atoms. The zero-order chi connectivity index (χ0) is 29.4. The number of benzene rings is 3. The molecule has 4 rings (SSSR count). The lowest BCUT2D eigenvalue weighted by Gasteiger charge is -2.11. The zero-order valence-corrected chi connectivity index (χ0v) is 20.3. The fourth-order valence-electron chi connectivity index (χ4n) is 3.97. The lowest BCUT2D eigenvalue weighted by Crippen LogP contribution is -2.11. The maximum atomic E-state index is 14.7. The Morgan fingerprint density at radius 2 is 1.25 bits per heavy atom. The number of alkyl halides is 3. The predicted molar refractivity (Wildman–Crippen MR) is 126 cm³/mol. The summed E-state index contributed by atoms with van der Waals surface area (Å²) in [7, 11) is 0. The van der Waals surface area contributed by atoms with E-state index in [1.807, 2.05) is 0 Å². The maximum Gasteiger partial charge on any atom is 0.422 e. The molecule has 0 bridgehead atoms. The average Bonchev–Trinajstić information content (AvgIpc) is 2.86. The van der Waals surface area contributed by atoms with Crippen molar-refractivity contribution in [2.45, 2.75) is 25.9 Å². The summed E-state index contributed by atoms with van der Waals surface area (Å²) in [6, 6.07) is 5.54. The molecular formula is C28H16F10N2. The van der Waals surface area contributed by atoms with Crippen LogP contribution in [0.1, 0.15) is 29.2 Å². The van der Waals surface area contributed by atoms with Crippen LogP contribution >= 0.6 is 0 Å². The Morgan fingerprint density at radius 3 is 1.75 bits per heavy atom. The summed E-state index contributed by atoms with van der Waals surface area (Å²) < 4.78 is 137. The summed E-state index contributed by atoms with van der Waals surface area (Å²) in [5.41, 5.74) is -3.18. The van der Waals surface area contributed by atoms with Crippen molar-refractivity contribution in [2.75, 3.05) is 0 Å². The van der Waals surface area contributed by atoms with Crippen LogP contribution in [0.4, 0.5) is 43.9 Å². The van der Waals surface area contributed by atoms with Gasteiger partial charge in [-0.2, -0.15) is 13.2 Å². The number of nitrogens with zero attached hydrogens (tertiary/aromatic N) is 2. The molecule has 4 aromatic rings. The first-order valence-corrected chi connectivity index (χ1v) is 11.4. The van der Waals surface area contributed by atoms with Crippen molar-refractivity contribution < 1.29 is 43.9 Å². The van der Waals surface area contributed by atoms with Gasteiger partial charge >= 0.3 is 6.18 Å². The molecule has 1 aromatic heterocycles. The van der Waals surface area contributed by atoms with Gasteiger partial charge in [0, 0.05) is 23.5 Å². The van der Waals surface area contributed by atoms with Gasteiger partial charge in [0.25, 0.3) is 0 Å². The van der Waals surface area contributed by atoms with E-state index in [0.29, 0.717) is 29.8 Å². The first-order valence-electron chi connectivity index (χ1n) is 11.4. The summed E-state index contributed by atoms with van der Waals surface area (Å²) in [5, 5.41) is 0. The summed E-state index contributed by atoms with van der Waals surface area (Å²) >= 11 is 0. The van der Waals surface area contributed by atoms with E-state index in [2.05, 4.69) is 9.97 Å². The molecule has 0 amide bonds. The molecule has 0 saturated carbocycles. The van der Waals surface area contributed by atoms with Crippen LogP contribution in [-0.4, -0.2) is 9.97 Å². The van der Waals surface area contributed by atoms with Crippen molar-refractivity contribution in [3.05, 3.63) is 112 Å². The molecule has 0 radical (unpaired) electrons. The zero-order valence-electron chi connectivity index (χ0n) is 20.3. The molecule has 0 spiro atoms. The van der Waals surface area contributed by atoms with Gasteiger partial charge < -0.3 is 0 Å². The Morgan fingerprint density at radius 1 is 0.700 bits per heavy atom. The van der Waals surface area contributed by atoms with Gasteiger partial charge in [0.1, 0.15) is 40.5 Å². The van der Waals surface area contributed by atoms with E-state index in [4.69, 9.17) is 0 Å². The summed E-state index contributed by atoms with van der Waals surface area (Å²) in [6.45, 7) is 0.787. The second kappa shape index (κ2) is 11.1. The Kier molecular flexibility index (Phi) is 7.99. The average molecular weight is 570 g/mol. The largest absolute Gasteiger partial charge is 0.422 e. The highest BCUT2D eigenvalue weighted by atomic mass is 19.4. The minimum atomic E-state index is -5.22. The van der Waals surface area contributed by atoms with Gasteiger partial charge in [-0.15, -0.1) is 0 Å². The first-order chi connectivity index (χ1) is 18.8. The quantitative estimate of drug-likeness (QED) is 0.216. The molecule has 0 unspecified atom stereocenters. The molecule has 0 N–H and O–H groups in total. The molecule has 208 valence electrons. The molecule has 0 saturated heterocycles. The van der Waals surface area contributed by atoms with Gasteiger partial charge in [-0.25, -0.2) is 40.7 Å². The van der Waals surface area contributed by atoms with Gasteiger partial charge in [0.15, 0.2) is 11.7 Å². The number of aromatic nitrogens is 2. The number of hydrogen-bond donors (Lipinski definition) is 0. The third-order valence-electron chi connectivity index (χ3n) is 5.91. The van der Waals surface area contributed by atoms with Crippen LogP contribution in [0.5, 0.6) is 0 Å². The van der Waals surface area contributed by atoms with E-state index < -0.39 is 63.6 Å². The van der Waals surface area contributed by atoms with Gasteiger partial charge in [0.05, 0.1) is 5.56 Å². The second-order valence-electron chi connectivity index (χ2n) is 8.70. The highest BCUT2D eigenvalue weighted by Crippen LogP contribution is 2.35. The van der Waals surface area contributed by atoms with Crippen LogP contribution < -0.4 is 0 Å². The molecule has 3 aromatic carbocycles. The number of aryl methyl sites for hydroxylation is 2. The van der Waals surface area contributed by atoms with Crippen molar-refractivity contribution in [2.24, 2.45) is 0 Å². The Balaban J connectivity index is 1.49. The fraction of sp³-hybridized carbons (Fsp3) is 0.143. The minimum absolute atomic E-state index is 0.0774. The number of hydrogen-bond acceptors (Lipinski definition) is 2. The van der Waals surface area contributed by atoms with Crippen LogP contribution in [-0.2, 0) is 19.0 Å². The highest BCUT2D eigenvalue weighted by Gasteiger charge is 2.38. The third-order valence-corrected chi connectivity index (χ3v) is 5.91. The maximum absolute atomic E-state index is 14.7. The molecule has 2 nitrogen and oxygen atoms in total. The smallest absolute Gasteiger partial charge is 0.236 e. The topological polar surface area (TPSA) is 25.8 Å². The van der Waals surface area contributed by atoms with E-state index in [0.717, 1.165) is 13.0 Å². The summed E-state index contributed by atoms with van der Waals surface area (Å²) in [4.78, 5) is 7.81. The van der Waals surface area contributed by atoms with Crippen molar-refractivity contribution >= 4 is 5.83 Å². The minimum Gasteiger partial charge on any atom is -0.236 e. The van der Waals surface area contributed by atoms with Crippen molar-refractivity contribution in [3.63, 3.8) is 0 Å². The third kappa shape index (κ3) is 6.00. The highest BCUT2D eigenvalue weighted by molar-refractivity contribution is 5.70. The molecule has 0 aliphatic heterocycles. The number of halogens is 10. The standard InChI is InChI=1S/C28H16F10N2/c1-13(29)26(35)17-7-20(31)24(21(32)8-17)16-5-4-15(19(30)6-16)3-2-14-11-39-27(40-12-14)18-9-22(33)25(23(34)10-18)28(36,37)38/h4-12H,2-3H2,1H3. The second-order valence-corrected chi connectivity index (χ2v) is 8.70. The molecule has 1 heterocycles. The van der Waals surface area contributed by atoms with E-state index in [1.54, 1.807) is 0 Å². The van der Waals surface area contributed by atoms with Gasteiger partial charge in [-0.3, -0.25) is 0 Å². The van der Waals surface area contributed by atoms with Gasteiger partial charge in [0.2, 0.25) is 0 Å². The van der Waals surface area contributed by atoms with Gasteiger partial charge in [-0.05, 0) is 66.8 Å². The lowest BCUT2D eigenvalue weighted by molar-refractivity contribution is -0.142. The van der Waals surface area contributed by atoms with Crippen molar-refractivity contribution in [3.8, 4) is 22.5 Å². The molecule has 0 aliphatic carbocycles. The van der Waals surface area contributed by atoms with Crippen molar-refractivity contribution in [1.82, 2.24) is 9.97 Å². The number of rotatable bonds is 6. The molecule has 0 fully saturated rings. The van der Waals surface area contributed by atoms with E-state index in [1.165, 1.54) is 24.5 Å². The first kappa shape index (κ1) is 28.8. The van der Waals surface area contributed by atoms with Crippen LogP contribution in [0.15, 0.2) is 60.7 Å². The predicted octanol–water partition coefficient (Wildman–Crippen LogP) is 8.94. The van der Waals surface area contributed by atoms with Gasteiger partial charge in [-0.1, -0.05) is 12.1 Å². The molecular weight excluding hydrogens is 554 g/mol. The molecule has 0 atom stereocenters. The fourth-order valence-corrected chi connectivity index (χ4v) is 3.97. The van der Waals surface area contributed by atoms with E-state index in [9.17, 15) is 43.9 Å². The Bertz CT molecular complexity index is 1560. The van der Waals surface area contributed by atoms with E-state index in [-0.39, 0.29) is 35.4 Å². The van der Waals surface area contributed by atoms with Crippen LogP contribution in [0.2, 0.25) is 0 Å². The monoisotopic (exact) mass is 570 g/mol. The Labute approximate surface area is 220 Å². The Hall–Kier alpha value is -4.22. The summed E-state index contributed by atoms with van der Waals surface area (Å²) in [5.74, 6) is -9.80. The van der Waals surface area contributed by atoms with E-state index >= 15 is 0 Å². The lowest BCUT2D eigenvalue weighted by atomic mass is 9.98. The normalized spacial score (nSPS) is 12.5. The van der Waals surface area contributed by atoms with Crippen LogP contribution in [0.3, 0.4) is 0 Å². The molecule has 12 heteroatoms.